The lowest BCUT2D eigenvalue weighted by Gasteiger charge is -2.19. The van der Waals surface area contributed by atoms with Crippen molar-refractivity contribution in [3.63, 3.8) is 0 Å². The van der Waals surface area contributed by atoms with Crippen molar-refractivity contribution >= 4 is 11.8 Å². The smallest absolute Gasteiger partial charge is 0.122 e. The summed E-state index contributed by atoms with van der Waals surface area (Å²) in [5.74, 6) is 2.21. The van der Waals surface area contributed by atoms with Gasteiger partial charge in [0, 0.05) is 6.04 Å². The van der Waals surface area contributed by atoms with E-state index in [0.29, 0.717) is 6.04 Å². The van der Waals surface area contributed by atoms with Crippen molar-refractivity contribution < 1.29 is 4.74 Å². The van der Waals surface area contributed by atoms with E-state index >= 15 is 0 Å². The molecule has 1 unspecified atom stereocenters. The third-order valence-corrected chi connectivity index (χ3v) is 3.66. The monoisotopic (exact) mass is 267 g/mol. The molecule has 1 aromatic carbocycles. The molecule has 1 N–H and O–H groups in total. The Kier molecular flexibility index (Phi) is 7.94. The Bertz CT molecular complexity index is 322. The standard InChI is InChI=1S/C15H25NOS/c1-4-10-16-14(9-11-18-3)12-13-7-5-6-8-15(13)17-2/h5-8,14,16H,4,9-12H2,1-3H3. The Morgan fingerprint density at radius 3 is 2.78 bits per heavy atom. The van der Waals surface area contributed by atoms with Crippen LogP contribution in [0.5, 0.6) is 5.75 Å². The average Bonchev–Trinajstić information content (AvgIpc) is 2.42. The van der Waals surface area contributed by atoms with Crippen LogP contribution in [0.3, 0.4) is 0 Å². The number of ether oxygens (including phenoxy) is 1. The van der Waals surface area contributed by atoms with E-state index in [0.717, 1.165) is 18.7 Å². The van der Waals surface area contributed by atoms with Gasteiger partial charge in [0.05, 0.1) is 7.11 Å². The maximum Gasteiger partial charge on any atom is 0.122 e. The molecule has 0 aliphatic carbocycles. The highest BCUT2D eigenvalue weighted by Crippen LogP contribution is 2.20. The molecule has 0 aliphatic rings. The van der Waals surface area contributed by atoms with Gasteiger partial charge >= 0.3 is 0 Å². The normalized spacial score (nSPS) is 12.4. The first kappa shape index (κ1) is 15.4. The molecule has 1 atom stereocenters. The quantitative estimate of drug-likeness (QED) is 0.741. The van der Waals surface area contributed by atoms with Crippen LogP contribution in [-0.2, 0) is 6.42 Å². The number of nitrogens with one attached hydrogen (secondary N) is 1. The van der Waals surface area contributed by atoms with E-state index in [4.69, 9.17) is 4.74 Å². The molecule has 0 saturated carbocycles. The molecule has 1 aromatic rings. The summed E-state index contributed by atoms with van der Waals surface area (Å²) in [6.45, 7) is 3.30. The summed E-state index contributed by atoms with van der Waals surface area (Å²) in [7, 11) is 1.75. The predicted octanol–water partition coefficient (Wildman–Crippen LogP) is 3.36. The Balaban J connectivity index is 2.62. The van der Waals surface area contributed by atoms with Crippen LogP contribution >= 0.6 is 11.8 Å². The number of hydrogen-bond donors (Lipinski definition) is 1. The Morgan fingerprint density at radius 2 is 2.11 bits per heavy atom. The van der Waals surface area contributed by atoms with E-state index in [1.54, 1.807) is 7.11 Å². The number of methoxy groups -OCH3 is 1. The van der Waals surface area contributed by atoms with Gasteiger partial charge in [-0.1, -0.05) is 25.1 Å². The zero-order chi connectivity index (χ0) is 13.2. The summed E-state index contributed by atoms with van der Waals surface area (Å²) in [6, 6.07) is 8.87. The minimum absolute atomic E-state index is 0.550. The Hall–Kier alpha value is -0.670. The van der Waals surface area contributed by atoms with Gasteiger partial charge in [0.25, 0.3) is 0 Å². The largest absolute Gasteiger partial charge is 0.496 e. The van der Waals surface area contributed by atoms with Crippen LogP contribution in [-0.4, -0.2) is 31.7 Å². The third-order valence-electron chi connectivity index (χ3n) is 3.01. The minimum Gasteiger partial charge on any atom is -0.496 e. The van der Waals surface area contributed by atoms with Crippen LogP contribution in [0, 0.1) is 0 Å². The van der Waals surface area contributed by atoms with Gasteiger partial charge in [-0.25, -0.2) is 0 Å². The molecule has 0 aliphatic heterocycles. The second-order valence-electron chi connectivity index (χ2n) is 4.45. The van der Waals surface area contributed by atoms with E-state index in [9.17, 15) is 0 Å². The topological polar surface area (TPSA) is 21.3 Å². The molecule has 2 nitrogen and oxygen atoms in total. The van der Waals surface area contributed by atoms with Crippen molar-refractivity contribution in [3.05, 3.63) is 29.8 Å². The molecule has 3 heteroatoms. The third kappa shape index (κ3) is 5.32. The number of benzene rings is 1. The maximum absolute atomic E-state index is 5.42. The van der Waals surface area contributed by atoms with Crippen molar-refractivity contribution in [3.8, 4) is 5.75 Å². The fourth-order valence-corrected chi connectivity index (χ4v) is 2.54. The number of para-hydroxylation sites is 1. The zero-order valence-corrected chi connectivity index (χ0v) is 12.6. The molecule has 0 heterocycles. The van der Waals surface area contributed by atoms with Crippen molar-refractivity contribution in [2.24, 2.45) is 0 Å². The fraction of sp³-hybridized carbons (Fsp3) is 0.600. The van der Waals surface area contributed by atoms with Crippen molar-refractivity contribution in [1.82, 2.24) is 5.32 Å². The number of rotatable bonds is 9. The van der Waals surface area contributed by atoms with Crippen molar-refractivity contribution in [2.45, 2.75) is 32.2 Å². The van der Waals surface area contributed by atoms with Crippen LogP contribution in [0.2, 0.25) is 0 Å². The maximum atomic E-state index is 5.42. The lowest BCUT2D eigenvalue weighted by atomic mass is 10.0. The first-order valence-corrected chi connectivity index (χ1v) is 8.05. The van der Waals surface area contributed by atoms with Crippen molar-refractivity contribution in [2.75, 3.05) is 25.7 Å². The average molecular weight is 267 g/mol. The molecular formula is C15H25NOS. The minimum atomic E-state index is 0.550. The lowest BCUT2D eigenvalue weighted by Crippen LogP contribution is -2.32. The molecule has 0 saturated heterocycles. The summed E-state index contributed by atoms with van der Waals surface area (Å²) in [5, 5.41) is 3.64. The SMILES string of the molecule is CCCNC(CCSC)Cc1ccccc1OC. The summed E-state index contributed by atoms with van der Waals surface area (Å²) in [4.78, 5) is 0. The number of hydrogen-bond acceptors (Lipinski definition) is 3. The van der Waals surface area contributed by atoms with Crippen molar-refractivity contribution in [1.29, 1.82) is 0 Å². The predicted molar refractivity (Wildman–Crippen MR) is 81.8 cm³/mol. The van der Waals surface area contributed by atoms with E-state index in [1.165, 1.54) is 24.2 Å². The van der Waals surface area contributed by atoms with E-state index < -0.39 is 0 Å². The highest BCUT2D eigenvalue weighted by atomic mass is 32.2. The van der Waals surface area contributed by atoms with Gasteiger partial charge in [-0.05, 0) is 49.4 Å². The molecule has 102 valence electrons. The molecule has 0 amide bonds. The Morgan fingerprint density at radius 1 is 1.33 bits per heavy atom. The van der Waals surface area contributed by atoms with Gasteiger partial charge in [-0.2, -0.15) is 11.8 Å². The first-order valence-electron chi connectivity index (χ1n) is 6.66. The molecule has 0 radical (unpaired) electrons. The van der Waals surface area contributed by atoms with Gasteiger partial charge < -0.3 is 10.1 Å². The van der Waals surface area contributed by atoms with Crippen LogP contribution in [0.15, 0.2) is 24.3 Å². The number of thioether (sulfide) groups is 1. The van der Waals surface area contributed by atoms with Gasteiger partial charge in [-0.3, -0.25) is 0 Å². The lowest BCUT2D eigenvalue weighted by molar-refractivity contribution is 0.403. The molecule has 1 rings (SSSR count). The van der Waals surface area contributed by atoms with Gasteiger partial charge in [-0.15, -0.1) is 0 Å². The highest BCUT2D eigenvalue weighted by Gasteiger charge is 2.11. The van der Waals surface area contributed by atoms with E-state index in [1.807, 2.05) is 23.9 Å². The highest BCUT2D eigenvalue weighted by molar-refractivity contribution is 7.98. The molecule has 0 spiro atoms. The molecular weight excluding hydrogens is 242 g/mol. The molecule has 0 aromatic heterocycles. The zero-order valence-electron chi connectivity index (χ0n) is 11.7. The second kappa shape index (κ2) is 9.29. The van der Waals surface area contributed by atoms with Crippen LogP contribution in [0.25, 0.3) is 0 Å². The molecule has 0 fully saturated rings. The molecule has 0 bridgehead atoms. The van der Waals surface area contributed by atoms with Crippen LogP contribution in [0.1, 0.15) is 25.3 Å². The molecule has 18 heavy (non-hydrogen) atoms. The Labute approximate surface area is 116 Å². The fourth-order valence-electron chi connectivity index (χ4n) is 2.02. The summed E-state index contributed by atoms with van der Waals surface area (Å²) < 4.78 is 5.42. The van der Waals surface area contributed by atoms with Gasteiger partial charge in [0.15, 0.2) is 0 Å². The summed E-state index contributed by atoms with van der Waals surface area (Å²) >= 11 is 1.91. The first-order chi connectivity index (χ1) is 8.81. The van der Waals surface area contributed by atoms with Gasteiger partial charge in [0.1, 0.15) is 5.75 Å². The summed E-state index contributed by atoms with van der Waals surface area (Å²) in [6.07, 6.45) is 5.60. The van der Waals surface area contributed by atoms with E-state index in [-0.39, 0.29) is 0 Å². The van der Waals surface area contributed by atoms with Gasteiger partial charge in [0.2, 0.25) is 0 Å². The van der Waals surface area contributed by atoms with Crippen LogP contribution in [0.4, 0.5) is 0 Å². The summed E-state index contributed by atoms with van der Waals surface area (Å²) in [5.41, 5.74) is 1.30. The van der Waals surface area contributed by atoms with E-state index in [2.05, 4.69) is 30.6 Å². The second-order valence-corrected chi connectivity index (χ2v) is 5.43. The van der Waals surface area contributed by atoms with Crippen LogP contribution < -0.4 is 10.1 Å².